The van der Waals surface area contributed by atoms with Crippen LogP contribution in [0.4, 0.5) is 11.4 Å². The van der Waals surface area contributed by atoms with Gasteiger partial charge < -0.3 is 14.5 Å². The number of para-hydroxylation sites is 1. The van der Waals surface area contributed by atoms with Crippen molar-refractivity contribution in [2.24, 2.45) is 0 Å². The first-order valence-electron chi connectivity index (χ1n) is 19.4. The maximum Gasteiger partial charge on any atom is 0.137 e. The Bertz CT molecular complexity index is 2720. The van der Waals surface area contributed by atoms with Crippen LogP contribution in [0.25, 0.3) is 33.3 Å². The first-order chi connectivity index (χ1) is 27.1. The predicted molar refractivity (Wildman–Crippen MR) is 233 cm³/mol. The molecule has 0 aliphatic carbocycles. The number of hydrogen-bond donors (Lipinski definition) is 0. The third-order valence-electron chi connectivity index (χ3n) is 11.2. The van der Waals surface area contributed by atoms with Crippen molar-refractivity contribution in [2.75, 3.05) is 16.5 Å². The number of anilines is 2. The first kappa shape index (κ1) is 35.1. The van der Waals surface area contributed by atoms with Gasteiger partial charge in [0.2, 0.25) is 0 Å². The molecule has 0 bridgehead atoms. The molecule has 0 N–H and O–H groups in total. The fraction of sp³-hybridized carbons (Fsp3) is 0.157. The maximum atomic E-state index is 6.72. The van der Waals surface area contributed by atoms with E-state index in [0.29, 0.717) is 6.67 Å². The smallest absolute Gasteiger partial charge is 0.137 e. The molecule has 9 rings (SSSR count). The lowest BCUT2D eigenvalue weighted by molar-refractivity contribution is 0.483. The molecule has 2 aromatic heterocycles. The summed E-state index contributed by atoms with van der Waals surface area (Å²) in [7, 11) is 0. The van der Waals surface area contributed by atoms with Gasteiger partial charge in [0.15, 0.2) is 0 Å². The van der Waals surface area contributed by atoms with Crippen LogP contribution in [0.5, 0.6) is 11.5 Å². The molecule has 3 heterocycles. The van der Waals surface area contributed by atoms with Crippen molar-refractivity contribution >= 4 is 38.9 Å². The molecule has 1 aliphatic heterocycles. The Kier molecular flexibility index (Phi) is 8.73. The molecule has 276 valence electrons. The average Bonchev–Trinajstić information content (AvgIpc) is 3.82. The molecule has 0 unspecified atom stereocenters. The molecule has 0 saturated carbocycles. The van der Waals surface area contributed by atoms with Crippen molar-refractivity contribution in [2.45, 2.75) is 45.4 Å². The predicted octanol–water partition coefficient (Wildman–Crippen LogP) is 12.9. The Labute approximate surface area is 329 Å². The van der Waals surface area contributed by atoms with Gasteiger partial charge in [0.05, 0.1) is 23.4 Å². The third kappa shape index (κ3) is 6.49. The maximum absolute atomic E-state index is 6.72. The van der Waals surface area contributed by atoms with Crippen LogP contribution < -0.4 is 14.5 Å². The number of ether oxygens (including phenoxy) is 1. The largest absolute Gasteiger partial charge is 0.457 e. The Morgan fingerprint density at radius 3 is 2.02 bits per heavy atom. The van der Waals surface area contributed by atoms with Gasteiger partial charge in [0.1, 0.15) is 17.3 Å². The van der Waals surface area contributed by atoms with Crippen LogP contribution in [0.2, 0.25) is 0 Å². The Morgan fingerprint density at radius 2 is 1.21 bits per heavy atom. The molecule has 8 aromatic rings. The van der Waals surface area contributed by atoms with Gasteiger partial charge in [0, 0.05) is 52.1 Å². The molecular weight excluding hydrogens is 685 g/mol. The Balaban J connectivity index is 1.07. The van der Waals surface area contributed by atoms with Gasteiger partial charge in [-0.15, -0.1) is 0 Å². The number of fused-ring (bicyclic) bond motifs is 3. The Morgan fingerprint density at radius 1 is 0.536 bits per heavy atom. The molecule has 56 heavy (non-hydrogen) atoms. The van der Waals surface area contributed by atoms with Gasteiger partial charge >= 0.3 is 0 Å². The molecule has 0 atom stereocenters. The number of aromatic nitrogens is 2. The van der Waals surface area contributed by atoms with E-state index in [4.69, 9.17) is 9.72 Å². The number of nitrogens with zero attached hydrogens (tertiary/aromatic N) is 4. The van der Waals surface area contributed by atoms with E-state index in [-0.39, 0.29) is 10.8 Å². The van der Waals surface area contributed by atoms with Crippen LogP contribution in [-0.4, -0.2) is 16.2 Å². The summed E-state index contributed by atoms with van der Waals surface area (Å²) in [4.78, 5) is 9.64. The van der Waals surface area contributed by atoms with E-state index in [0.717, 1.165) is 50.7 Å². The normalized spacial score (nSPS) is 13.4. The molecule has 1 aliphatic rings. The molecule has 5 heteroatoms. The van der Waals surface area contributed by atoms with Crippen LogP contribution in [0.15, 0.2) is 176 Å². The molecule has 0 saturated heterocycles. The zero-order valence-corrected chi connectivity index (χ0v) is 32.6. The highest BCUT2D eigenvalue weighted by atomic mass is 16.5. The second-order valence-electron chi connectivity index (χ2n) is 16.2. The van der Waals surface area contributed by atoms with Crippen LogP contribution in [0.3, 0.4) is 0 Å². The van der Waals surface area contributed by atoms with E-state index in [1.54, 1.807) is 0 Å². The lowest BCUT2D eigenvalue weighted by Gasteiger charge is -2.26. The second kappa shape index (κ2) is 13.9. The number of rotatable bonds is 8. The van der Waals surface area contributed by atoms with Crippen LogP contribution >= 0.6 is 0 Å². The van der Waals surface area contributed by atoms with E-state index in [1.165, 1.54) is 27.8 Å². The number of hydrogen-bond acceptors (Lipinski definition) is 4. The van der Waals surface area contributed by atoms with Crippen molar-refractivity contribution in [3.8, 4) is 17.3 Å². The van der Waals surface area contributed by atoms with E-state index in [9.17, 15) is 0 Å². The summed E-state index contributed by atoms with van der Waals surface area (Å²) in [6.45, 7) is 12.0. The standard InChI is InChI=1S/C51H46N4O/c1-50(2,3)38-20-14-21-40(30-38)53-34-48(36-16-8-6-9-17-36)54(35-53)41-22-15-23-42(32-41)56-43-26-27-45-44-24-12-13-25-46(44)55(47(45)33-43)49-31-39(28-29-52-49)51(4,5)37-18-10-7-11-19-37/h6-34H,35H2,1-5H3. The minimum atomic E-state index is -0.199. The minimum absolute atomic E-state index is 0.0598. The van der Waals surface area contributed by atoms with Gasteiger partial charge in [-0.05, 0) is 82.3 Å². The topological polar surface area (TPSA) is 33.5 Å². The monoisotopic (exact) mass is 730 g/mol. The Hall–Kier alpha value is -6.59. The lowest BCUT2D eigenvalue weighted by Crippen LogP contribution is -2.26. The summed E-state index contributed by atoms with van der Waals surface area (Å²) in [5.41, 5.74) is 10.3. The van der Waals surface area contributed by atoms with Gasteiger partial charge in [0.25, 0.3) is 0 Å². The number of benzene rings is 6. The van der Waals surface area contributed by atoms with E-state index in [2.05, 4.69) is 213 Å². The van der Waals surface area contributed by atoms with Crippen LogP contribution in [0.1, 0.15) is 56.9 Å². The fourth-order valence-corrected chi connectivity index (χ4v) is 7.92. The summed E-state index contributed by atoms with van der Waals surface area (Å²) in [6, 6.07) is 57.9. The number of pyridine rings is 1. The third-order valence-corrected chi connectivity index (χ3v) is 11.2. The quantitative estimate of drug-likeness (QED) is 0.156. The highest BCUT2D eigenvalue weighted by Gasteiger charge is 2.27. The molecule has 6 aromatic carbocycles. The summed E-state index contributed by atoms with van der Waals surface area (Å²) >= 11 is 0. The molecule has 5 nitrogen and oxygen atoms in total. The van der Waals surface area contributed by atoms with Crippen molar-refractivity contribution in [3.05, 3.63) is 198 Å². The van der Waals surface area contributed by atoms with Crippen molar-refractivity contribution in [1.29, 1.82) is 0 Å². The summed E-state index contributed by atoms with van der Waals surface area (Å²) in [5, 5.41) is 2.33. The summed E-state index contributed by atoms with van der Waals surface area (Å²) in [6.07, 6.45) is 4.20. The van der Waals surface area contributed by atoms with E-state index < -0.39 is 0 Å². The van der Waals surface area contributed by atoms with Crippen LogP contribution in [0, 0.1) is 0 Å². The fourth-order valence-electron chi connectivity index (χ4n) is 7.92. The zero-order chi connectivity index (χ0) is 38.4. The van der Waals surface area contributed by atoms with Gasteiger partial charge in [-0.1, -0.05) is 132 Å². The highest BCUT2D eigenvalue weighted by Crippen LogP contribution is 2.40. The molecule has 0 radical (unpaired) electrons. The molecule has 0 fully saturated rings. The van der Waals surface area contributed by atoms with Crippen molar-refractivity contribution < 1.29 is 4.74 Å². The van der Waals surface area contributed by atoms with Gasteiger partial charge in [-0.2, -0.15) is 0 Å². The first-order valence-corrected chi connectivity index (χ1v) is 19.4. The molecule has 0 amide bonds. The summed E-state index contributed by atoms with van der Waals surface area (Å²) < 4.78 is 8.99. The molecular formula is C51H46N4O. The second-order valence-corrected chi connectivity index (χ2v) is 16.2. The van der Waals surface area contributed by atoms with Crippen LogP contribution in [-0.2, 0) is 10.8 Å². The van der Waals surface area contributed by atoms with Gasteiger partial charge in [-0.25, -0.2) is 4.98 Å². The van der Waals surface area contributed by atoms with Crippen molar-refractivity contribution in [3.63, 3.8) is 0 Å². The zero-order valence-electron chi connectivity index (χ0n) is 32.6. The van der Waals surface area contributed by atoms with E-state index in [1.807, 2.05) is 12.3 Å². The van der Waals surface area contributed by atoms with Crippen molar-refractivity contribution in [1.82, 2.24) is 9.55 Å². The SMILES string of the molecule is CC(C)(C)c1cccc(N2C=C(c3ccccc3)N(c3cccc(Oc4ccc5c6ccccc6n(-c6cc(C(C)(C)c7ccccc7)ccn6)c5c4)c3)C2)c1. The minimum Gasteiger partial charge on any atom is -0.457 e. The highest BCUT2D eigenvalue weighted by molar-refractivity contribution is 6.09. The molecule has 0 spiro atoms. The van der Waals surface area contributed by atoms with E-state index >= 15 is 0 Å². The summed E-state index contributed by atoms with van der Waals surface area (Å²) in [5.74, 6) is 2.42. The van der Waals surface area contributed by atoms with Gasteiger partial charge in [-0.3, -0.25) is 4.57 Å². The average molecular weight is 731 g/mol. The lowest BCUT2D eigenvalue weighted by atomic mass is 9.78.